The summed E-state index contributed by atoms with van der Waals surface area (Å²) in [6.45, 7) is 34.6. The van der Waals surface area contributed by atoms with Crippen LogP contribution in [0.4, 0.5) is 45.5 Å². The van der Waals surface area contributed by atoms with Crippen molar-refractivity contribution in [3.8, 4) is 0 Å². The van der Waals surface area contributed by atoms with Gasteiger partial charge in [-0.15, -0.1) is 0 Å². The summed E-state index contributed by atoms with van der Waals surface area (Å²) in [5, 5.41) is 0. The van der Waals surface area contributed by atoms with Gasteiger partial charge in [-0.2, -0.15) is 0 Å². The molecule has 16 unspecified atom stereocenters. The van der Waals surface area contributed by atoms with E-state index in [0.29, 0.717) is 67.2 Å². The molecule has 13 heterocycles. The first-order valence-corrected chi connectivity index (χ1v) is 44.7. The van der Waals surface area contributed by atoms with Crippen LogP contribution in [0.15, 0.2) is 243 Å². The highest BCUT2D eigenvalue weighted by atomic mass is 15.5. The minimum Gasteiger partial charge on any atom is -0.353 e. The normalized spacial score (nSPS) is 27.8. The second kappa shape index (κ2) is 34.4. The van der Waals surface area contributed by atoms with Gasteiger partial charge < -0.3 is 39.2 Å². The summed E-state index contributed by atoms with van der Waals surface area (Å²) in [6.07, 6.45) is 16.9. The number of fused-ring (bicyclic) bond motifs is 19. The van der Waals surface area contributed by atoms with Crippen molar-refractivity contribution >= 4 is 45.5 Å². The van der Waals surface area contributed by atoms with Crippen LogP contribution in [0.2, 0.25) is 0 Å². The van der Waals surface area contributed by atoms with Crippen LogP contribution in [0.3, 0.4) is 0 Å². The monoisotopic (exact) mass is 1560 g/mol. The van der Waals surface area contributed by atoms with Gasteiger partial charge in [0.1, 0.15) is 0 Å². The fourth-order valence-corrected chi connectivity index (χ4v) is 23.2. The standard InChI is InChI=1S/3C19H22N2.C18H20N2.2C15H22N2/c1-13-8-4-7-11-17(13)21-14(2)20(3)18-12-19(21)16-10-6-5-9-15(16)18;1-14-7-3-6-10-18(14)21-15(2)20-12-11-19(21)17-9-5-4-8-16(17)13-20;1-14-7-3-5-9-18(14)21-15(2)20-12-11-17(21)13-16-8-4-6-10-19(16)20;1-13-7-3-5-9-17(13)20-14(2)19-12-16(20)11-15-8-4-6-10-18(15)19;1-11-6-4-5-7-15(11)17-12(2)16(3)13-8-9-14(17)10-13;1-12-6-3-4-8-15(12)17-13(2)16-10-5-7-14(17)9-11-16/h4-11,14,18-19H,12H2,1-3H3;3-10,15,19H,11-13H2,1-2H3;3-10,15,17H,11-13H2,1-2H3;3-10,14,16H,11-12H2,1-2H3;4-7,12-14H,8-10H2,1-3H3;3-4,6,8,13-14H,5,7,9-11H2,1-2H3. The maximum Gasteiger partial charge on any atom is 0.0991 e. The smallest absolute Gasteiger partial charge is 0.0991 e. The minimum atomic E-state index is 0.419. The van der Waals surface area contributed by atoms with Crippen molar-refractivity contribution in [2.75, 3.05) is 86.0 Å². The molecule has 0 amide bonds. The number of hydrogen-bond acceptors (Lipinski definition) is 12. The highest BCUT2D eigenvalue weighted by Crippen LogP contribution is 2.53. The third kappa shape index (κ3) is 15.4. The van der Waals surface area contributed by atoms with E-state index >= 15 is 0 Å². The Morgan fingerprint density at radius 2 is 0.624 bits per heavy atom. The van der Waals surface area contributed by atoms with Gasteiger partial charge in [-0.25, -0.2) is 0 Å². The molecule has 9 fully saturated rings. The first-order chi connectivity index (χ1) is 56.9. The molecule has 13 aliphatic heterocycles. The van der Waals surface area contributed by atoms with Crippen molar-refractivity contribution in [1.29, 1.82) is 0 Å². The Hall–Kier alpha value is -9.56. The third-order valence-corrected chi connectivity index (χ3v) is 29.6. The van der Waals surface area contributed by atoms with Crippen molar-refractivity contribution in [1.82, 2.24) is 19.6 Å². The molecule has 2 aliphatic carbocycles. The fraction of sp³-hybridized carbons (Fsp3) is 0.429. The zero-order valence-corrected chi connectivity index (χ0v) is 72.6. The maximum atomic E-state index is 2.66. The van der Waals surface area contributed by atoms with Crippen LogP contribution in [0.5, 0.6) is 0 Å². The van der Waals surface area contributed by atoms with Crippen LogP contribution < -0.4 is 39.2 Å². The fourth-order valence-electron chi connectivity index (χ4n) is 23.2. The Morgan fingerprint density at radius 3 is 1.16 bits per heavy atom. The van der Waals surface area contributed by atoms with E-state index in [4.69, 9.17) is 0 Å². The molecule has 10 aromatic carbocycles. The van der Waals surface area contributed by atoms with Gasteiger partial charge in [-0.05, 0) is 283 Å². The SMILES string of the molecule is Cc1ccccc1N1C2CC(c3ccccc32)N(C)C1C.Cc1ccccc1N1C2CCC(C2)N(C)C1C.Cc1ccccc1N1C2CCCN(CC2)C1C.Cc1ccccc1N1C2CCN(Cc3ccccc32)C1C.Cc1ccccc1N1C2CCN(c3ccccc3C2)C1C.Cc1ccccc1N1C2Cc3ccccc3N(C2)C1C. The Morgan fingerprint density at radius 1 is 0.248 bits per heavy atom. The minimum absolute atomic E-state index is 0.419. The molecule has 0 radical (unpaired) electrons. The molecule has 12 heteroatoms. The number of anilines is 8. The predicted octanol–water partition coefficient (Wildman–Crippen LogP) is 22.0. The molecule has 0 N–H and O–H groups in total. The average molecular weight is 1560 g/mol. The summed E-state index contributed by atoms with van der Waals surface area (Å²) in [7, 11) is 4.54. The van der Waals surface area contributed by atoms with Crippen LogP contribution >= 0.6 is 0 Å². The molecular formula is C105H130N12. The van der Waals surface area contributed by atoms with E-state index in [1.807, 2.05) is 0 Å². The first kappa shape index (κ1) is 79.9. The molecule has 12 nitrogen and oxygen atoms in total. The average Bonchev–Trinajstić information content (AvgIpc) is 1.59. The highest BCUT2D eigenvalue weighted by Gasteiger charge is 2.48. The van der Waals surface area contributed by atoms with E-state index in [-0.39, 0.29) is 0 Å². The Balaban J connectivity index is 0.000000101. The molecule has 15 aliphatic rings. The summed E-state index contributed by atoms with van der Waals surface area (Å²) in [5.74, 6) is 0. The van der Waals surface area contributed by atoms with E-state index in [1.165, 1.54) is 196 Å². The number of rotatable bonds is 6. The largest absolute Gasteiger partial charge is 0.353 e. The van der Waals surface area contributed by atoms with Crippen LogP contribution in [0, 0.1) is 41.5 Å². The Kier molecular flexibility index (Phi) is 23.5. The van der Waals surface area contributed by atoms with Crippen molar-refractivity contribution < 1.29 is 0 Å². The second-order valence-electron chi connectivity index (χ2n) is 36.0. The molecule has 0 aromatic heterocycles. The maximum absolute atomic E-state index is 2.66. The van der Waals surface area contributed by atoms with E-state index < -0.39 is 0 Å². The second-order valence-corrected chi connectivity index (χ2v) is 36.0. The molecule has 610 valence electrons. The molecular weight excluding hydrogens is 1430 g/mol. The summed E-state index contributed by atoms with van der Waals surface area (Å²) in [5.41, 5.74) is 28.6. The molecule has 0 spiro atoms. The van der Waals surface area contributed by atoms with Crippen LogP contribution in [0.25, 0.3) is 0 Å². The van der Waals surface area contributed by atoms with Crippen LogP contribution in [0.1, 0.15) is 184 Å². The van der Waals surface area contributed by atoms with Crippen molar-refractivity contribution in [2.45, 2.75) is 246 Å². The highest BCUT2D eigenvalue weighted by molar-refractivity contribution is 5.69. The molecule has 1 saturated carbocycles. The molecule has 117 heavy (non-hydrogen) atoms. The zero-order chi connectivity index (χ0) is 80.9. The topological polar surface area (TPSA) is 38.9 Å². The summed E-state index contributed by atoms with van der Waals surface area (Å²) < 4.78 is 0. The van der Waals surface area contributed by atoms with Crippen LogP contribution in [-0.4, -0.2) is 134 Å². The van der Waals surface area contributed by atoms with E-state index in [2.05, 4.69) is 399 Å². The zero-order valence-electron chi connectivity index (χ0n) is 72.6. The van der Waals surface area contributed by atoms with E-state index in [0.717, 1.165) is 44.1 Å². The first-order valence-electron chi connectivity index (χ1n) is 44.7. The quantitative estimate of drug-likeness (QED) is 0.159. The van der Waals surface area contributed by atoms with Crippen molar-refractivity contribution in [3.05, 3.63) is 309 Å². The number of hydrogen-bond donors (Lipinski definition) is 0. The third-order valence-electron chi connectivity index (χ3n) is 29.6. The summed E-state index contributed by atoms with van der Waals surface area (Å²) in [6, 6.07) is 93.6. The Labute approximate surface area is 701 Å². The lowest BCUT2D eigenvalue weighted by Crippen LogP contribution is -2.56. The number of nitrogens with zero attached hydrogens (tertiary/aromatic N) is 12. The number of aryl methyl sites for hydroxylation is 6. The lowest BCUT2D eigenvalue weighted by atomic mass is 9.96. The molecule has 12 bridgehead atoms. The van der Waals surface area contributed by atoms with E-state index in [1.54, 1.807) is 0 Å². The van der Waals surface area contributed by atoms with Crippen molar-refractivity contribution in [3.63, 3.8) is 0 Å². The van der Waals surface area contributed by atoms with E-state index in [9.17, 15) is 0 Å². The van der Waals surface area contributed by atoms with Gasteiger partial charge in [0, 0.05) is 115 Å². The van der Waals surface area contributed by atoms with Gasteiger partial charge in [0.05, 0.1) is 55.1 Å². The van der Waals surface area contributed by atoms with Crippen LogP contribution in [-0.2, 0) is 19.4 Å². The van der Waals surface area contributed by atoms with Gasteiger partial charge in [0.25, 0.3) is 0 Å². The Bertz CT molecular complexity index is 4960. The number of para-hydroxylation sites is 8. The van der Waals surface area contributed by atoms with Gasteiger partial charge in [0.15, 0.2) is 0 Å². The molecule has 8 saturated heterocycles. The molecule has 10 aromatic rings. The molecule has 25 rings (SSSR count). The van der Waals surface area contributed by atoms with Gasteiger partial charge in [-0.3, -0.25) is 19.6 Å². The summed E-state index contributed by atoms with van der Waals surface area (Å²) >= 11 is 0. The molecule has 16 atom stereocenters. The lowest BCUT2D eigenvalue weighted by molar-refractivity contribution is 0.131. The van der Waals surface area contributed by atoms with Gasteiger partial charge in [-0.1, -0.05) is 194 Å². The predicted molar refractivity (Wildman–Crippen MR) is 493 cm³/mol. The summed E-state index contributed by atoms with van der Waals surface area (Å²) in [4.78, 5) is 31.2. The van der Waals surface area contributed by atoms with Gasteiger partial charge >= 0.3 is 0 Å². The lowest BCUT2D eigenvalue weighted by Gasteiger charge is -2.47. The number of benzene rings is 10. The van der Waals surface area contributed by atoms with Gasteiger partial charge in [0.2, 0.25) is 0 Å². The van der Waals surface area contributed by atoms with Crippen molar-refractivity contribution in [2.24, 2.45) is 0 Å².